The van der Waals surface area contributed by atoms with Gasteiger partial charge in [-0.05, 0) is 50.3 Å². The van der Waals surface area contributed by atoms with E-state index < -0.39 is 0 Å². The van der Waals surface area contributed by atoms with E-state index in [9.17, 15) is 9.90 Å². The third kappa shape index (κ3) is 5.75. The molecule has 0 aliphatic heterocycles. The molecule has 4 N–H and O–H groups in total. The fourth-order valence-electron chi connectivity index (χ4n) is 4.46. The predicted molar refractivity (Wildman–Crippen MR) is 127 cm³/mol. The highest BCUT2D eigenvalue weighted by atomic mass is 16.5. The lowest BCUT2D eigenvalue weighted by Crippen LogP contribution is -2.49. The average Bonchev–Trinajstić information content (AvgIpc) is 2.84. The minimum Gasteiger partial charge on any atom is -0.507 e. The molecule has 2 aromatic rings. The van der Waals surface area contributed by atoms with Gasteiger partial charge < -0.3 is 25.8 Å². The van der Waals surface area contributed by atoms with Gasteiger partial charge in [-0.25, -0.2) is 0 Å². The quantitative estimate of drug-likeness (QED) is 0.293. The van der Waals surface area contributed by atoms with Gasteiger partial charge in [0.2, 0.25) is 12.2 Å². The van der Waals surface area contributed by atoms with Crippen molar-refractivity contribution in [2.45, 2.75) is 44.1 Å². The molecule has 0 spiro atoms. The Morgan fingerprint density at radius 3 is 2.55 bits per heavy atom. The van der Waals surface area contributed by atoms with Gasteiger partial charge in [0, 0.05) is 24.5 Å². The molecule has 0 unspecified atom stereocenters. The van der Waals surface area contributed by atoms with Crippen molar-refractivity contribution in [3.05, 3.63) is 59.7 Å². The Balaban J connectivity index is 1.76. The summed E-state index contributed by atoms with van der Waals surface area (Å²) in [6.45, 7) is 3.07. The number of guanidine groups is 1. The van der Waals surface area contributed by atoms with Gasteiger partial charge in [-0.1, -0.05) is 36.4 Å². The highest BCUT2D eigenvalue weighted by Crippen LogP contribution is 2.39. The third-order valence-electron chi connectivity index (χ3n) is 6.21. The summed E-state index contributed by atoms with van der Waals surface area (Å²) in [4.78, 5) is 16.8. The highest BCUT2D eigenvalue weighted by Gasteiger charge is 2.37. The number of methoxy groups -OCH3 is 1. The molecule has 1 aliphatic carbocycles. The van der Waals surface area contributed by atoms with Crippen LogP contribution in [-0.2, 0) is 5.41 Å². The molecule has 0 radical (unpaired) electrons. The van der Waals surface area contributed by atoms with Crippen LogP contribution in [0.2, 0.25) is 0 Å². The molecule has 1 fully saturated rings. The molecule has 174 valence electrons. The van der Waals surface area contributed by atoms with E-state index in [0.29, 0.717) is 24.8 Å². The summed E-state index contributed by atoms with van der Waals surface area (Å²) in [5, 5.41) is 28.6. The number of hydrogen-bond acceptors (Lipinski definition) is 5. The van der Waals surface area contributed by atoms with Gasteiger partial charge in [-0.2, -0.15) is 5.26 Å². The van der Waals surface area contributed by atoms with Crippen molar-refractivity contribution in [3.8, 4) is 17.7 Å². The van der Waals surface area contributed by atoms with Crippen LogP contribution in [0.15, 0.2) is 53.5 Å². The number of carbonyl (C=O) groups is 1. The van der Waals surface area contributed by atoms with Crippen LogP contribution in [-0.4, -0.2) is 43.2 Å². The minimum absolute atomic E-state index is 0.110. The van der Waals surface area contributed by atoms with Crippen LogP contribution in [0.25, 0.3) is 0 Å². The number of nitriles is 1. The molecular formula is C25H31N5O3. The van der Waals surface area contributed by atoms with E-state index in [1.165, 1.54) is 18.7 Å². The number of rotatable bonds is 7. The van der Waals surface area contributed by atoms with Crippen molar-refractivity contribution in [2.24, 2.45) is 4.99 Å². The van der Waals surface area contributed by atoms with Gasteiger partial charge >= 0.3 is 0 Å². The van der Waals surface area contributed by atoms with E-state index in [0.717, 1.165) is 25.7 Å². The van der Waals surface area contributed by atoms with Crippen LogP contribution >= 0.6 is 0 Å². The normalized spacial score (nSPS) is 20.4. The van der Waals surface area contributed by atoms with Crippen LogP contribution in [0.1, 0.15) is 48.5 Å². The van der Waals surface area contributed by atoms with Gasteiger partial charge in [0.25, 0.3) is 5.91 Å². The van der Waals surface area contributed by atoms with Gasteiger partial charge in [0.1, 0.15) is 17.1 Å². The summed E-state index contributed by atoms with van der Waals surface area (Å²) < 4.78 is 5.27. The fourth-order valence-corrected chi connectivity index (χ4v) is 4.46. The molecule has 0 atom stereocenters. The van der Waals surface area contributed by atoms with E-state index in [1.807, 2.05) is 31.3 Å². The number of carbonyl (C=O) groups excluding carboxylic acids is 1. The van der Waals surface area contributed by atoms with Gasteiger partial charge in [0.15, 0.2) is 0 Å². The van der Waals surface area contributed by atoms with Crippen molar-refractivity contribution in [1.29, 1.82) is 5.26 Å². The number of nitrogens with zero attached hydrogens (tertiary/aromatic N) is 2. The van der Waals surface area contributed by atoms with Crippen molar-refractivity contribution >= 4 is 11.9 Å². The molecular weight excluding hydrogens is 418 g/mol. The first-order chi connectivity index (χ1) is 16.0. The Morgan fingerprint density at radius 1 is 1.18 bits per heavy atom. The van der Waals surface area contributed by atoms with E-state index in [4.69, 9.17) is 10.00 Å². The zero-order chi connectivity index (χ0) is 23.7. The molecule has 1 amide bonds. The Labute approximate surface area is 194 Å². The first-order valence-corrected chi connectivity index (χ1v) is 11.2. The third-order valence-corrected chi connectivity index (χ3v) is 6.21. The average molecular weight is 450 g/mol. The van der Waals surface area contributed by atoms with Crippen LogP contribution in [0, 0.1) is 11.5 Å². The predicted octanol–water partition coefficient (Wildman–Crippen LogP) is 3.05. The fraction of sp³-hybridized carbons (Fsp3) is 0.400. The summed E-state index contributed by atoms with van der Waals surface area (Å²) in [6.07, 6.45) is 5.25. The number of phenolic OH excluding ortho intramolecular Hbond substituents is 1. The molecule has 1 aliphatic rings. The smallest absolute Gasteiger partial charge is 0.258 e. The maximum Gasteiger partial charge on any atom is 0.258 e. The number of benzene rings is 2. The molecule has 3 rings (SSSR count). The molecule has 0 saturated heterocycles. The molecule has 0 bridgehead atoms. The van der Waals surface area contributed by atoms with E-state index in [2.05, 4.69) is 33.1 Å². The zero-order valence-corrected chi connectivity index (χ0v) is 19.1. The number of phenols is 1. The monoisotopic (exact) mass is 449 g/mol. The summed E-state index contributed by atoms with van der Waals surface area (Å²) >= 11 is 0. The van der Waals surface area contributed by atoms with Crippen molar-refractivity contribution in [3.63, 3.8) is 0 Å². The van der Waals surface area contributed by atoms with E-state index in [-0.39, 0.29) is 28.7 Å². The number of amides is 1. The largest absolute Gasteiger partial charge is 0.507 e. The number of ether oxygens (including phenoxy) is 1. The lowest BCUT2D eigenvalue weighted by molar-refractivity contribution is 0.0929. The summed E-state index contributed by atoms with van der Waals surface area (Å²) in [5.41, 5.74) is 1.07. The first-order valence-electron chi connectivity index (χ1n) is 11.2. The highest BCUT2D eigenvalue weighted by molar-refractivity contribution is 5.99. The van der Waals surface area contributed by atoms with Gasteiger partial charge in [0.05, 0.1) is 7.11 Å². The number of aliphatic imine (C=N–C) groups is 1. The topological polar surface area (TPSA) is 119 Å². The Morgan fingerprint density at radius 2 is 1.91 bits per heavy atom. The standard InChI is InChI=1S/C25H31N5O3/c1-3-27-24(29-17-26)30-19-12-14-25(15-13-19,18-8-5-4-6-9-18)16-28-23(32)22-20(31)10-7-11-21(22)33-2/h4-11,19,31H,3,12-16H2,1-2H3,(H,28,32)(H2,27,29,30)/t19-,25+. The second kappa shape index (κ2) is 11.2. The summed E-state index contributed by atoms with van der Waals surface area (Å²) in [5.74, 6) is 0.358. The molecule has 0 aromatic heterocycles. The maximum atomic E-state index is 13.0. The maximum absolute atomic E-state index is 13.0. The van der Waals surface area contributed by atoms with Crippen molar-refractivity contribution in [1.82, 2.24) is 16.0 Å². The first kappa shape index (κ1) is 23.9. The minimum atomic E-state index is -0.365. The zero-order valence-electron chi connectivity index (χ0n) is 19.1. The molecule has 1 saturated carbocycles. The Kier molecular flexibility index (Phi) is 8.14. The van der Waals surface area contributed by atoms with Crippen molar-refractivity contribution < 1.29 is 14.6 Å². The summed E-state index contributed by atoms with van der Waals surface area (Å²) in [7, 11) is 1.47. The SMILES string of the molecule is CCN/C(=N\C#N)N[C@H]1CC[C@@](CNC(=O)c2c(O)cccc2OC)(c2ccccc2)CC1. The lowest BCUT2D eigenvalue weighted by atomic mass is 9.68. The van der Waals surface area contributed by atoms with Crippen LogP contribution in [0.4, 0.5) is 0 Å². The number of nitrogens with one attached hydrogen (secondary N) is 3. The molecule has 8 nitrogen and oxygen atoms in total. The second-order valence-electron chi connectivity index (χ2n) is 8.19. The van der Waals surface area contributed by atoms with Gasteiger partial charge in [-0.15, -0.1) is 4.99 Å². The van der Waals surface area contributed by atoms with Crippen molar-refractivity contribution in [2.75, 3.05) is 20.2 Å². The van der Waals surface area contributed by atoms with Crippen LogP contribution in [0.5, 0.6) is 11.5 Å². The lowest BCUT2D eigenvalue weighted by Gasteiger charge is -2.41. The molecule has 2 aromatic carbocycles. The Bertz CT molecular complexity index is 1010. The number of hydrogen-bond donors (Lipinski definition) is 4. The molecule has 33 heavy (non-hydrogen) atoms. The second-order valence-corrected chi connectivity index (χ2v) is 8.19. The Hall–Kier alpha value is -3.73. The van der Waals surface area contributed by atoms with E-state index in [1.54, 1.807) is 12.1 Å². The molecule has 8 heteroatoms. The summed E-state index contributed by atoms with van der Waals surface area (Å²) in [6, 6.07) is 15.2. The van der Waals surface area contributed by atoms with Crippen LogP contribution in [0.3, 0.4) is 0 Å². The van der Waals surface area contributed by atoms with E-state index >= 15 is 0 Å². The van der Waals surface area contributed by atoms with Crippen LogP contribution < -0.4 is 20.7 Å². The number of aromatic hydroxyl groups is 1. The van der Waals surface area contributed by atoms with Gasteiger partial charge in [-0.3, -0.25) is 4.79 Å². The molecule has 0 heterocycles.